The number of carbonyl (C=O) groups is 1. The van der Waals surface area contributed by atoms with Crippen LogP contribution in [0.3, 0.4) is 0 Å². The second-order valence-electron chi connectivity index (χ2n) is 5.89. The van der Waals surface area contributed by atoms with Gasteiger partial charge in [0.2, 0.25) is 5.91 Å². The minimum atomic E-state index is 0. The molecule has 20 heavy (non-hydrogen) atoms. The maximum atomic E-state index is 12.1. The predicted octanol–water partition coefficient (Wildman–Crippen LogP) is 2.11. The van der Waals surface area contributed by atoms with Crippen LogP contribution in [-0.2, 0) is 11.2 Å². The number of benzene rings is 1. The van der Waals surface area contributed by atoms with E-state index in [4.69, 9.17) is 0 Å². The van der Waals surface area contributed by atoms with Crippen molar-refractivity contribution < 1.29 is 4.79 Å². The van der Waals surface area contributed by atoms with Gasteiger partial charge in [-0.15, -0.1) is 12.4 Å². The summed E-state index contributed by atoms with van der Waals surface area (Å²) >= 11 is 0. The zero-order valence-electron chi connectivity index (χ0n) is 11.9. The van der Waals surface area contributed by atoms with Crippen molar-refractivity contribution >= 4 is 18.3 Å². The summed E-state index contributed by atoms with van der Waals surface area (Å²) in [6.07, 6.45) is 2.32. The molecule has 2 aliphatic rings. The van der Waals surface area contributed by atoms with Gasteiger partial charge in [-0.1, -0.05) is 31.2 Å². The van der Waals surface area contributed by atoms with E-state index >= 15 is 0 Å². The maximum absolute atomic E-state index is 12.1. The highest BCUT2D eigenvalue weighted by molar-refractivity contribution is 5.85. The van der Waals surface area contributed by atoms with Crippen LogP contribution >= 0.6 is 12.4 Å². The number of halogens is 1. The van der Waals surface area contributed by atoms with E-state index in [1.807, 2.05) is 6.92 Å². The first-order valence-corrected chi connectivity index (χ1v) is 7.32. The van der Waals surface area contributed by atoms with E-state index in [0.717, 1.165) is 26.1 Å². The van der Waals surface area contributed by atoms with Gasteiger partial charge < -0.3 is 10.6 Å². The molecule has 3 nitrogen and oxygen atoms in total. The smallest absolute Gasteiger partial charge is 0.223 e. The van der Waals surface area contributed by atoms with Gasteiger partial charge in [-0.3, -0.25) is 4.79 Å². The van der Waals surface area contributed by atoms with Crippen LogP contribution in [0.15, 0.2) is 24.3 Å². The summed E-state index contributed by atoms with van der Waals surface area (Å²) < 4.78 is 0. The summed E-state index contributed by atoms with van der Waals surface area (Å²) in [5.41, 5.74) is 2.89. The summed E-state index contributed by atoms with van der Waals surface area (Å²) in [7, 11) is 0. The number of rotatable bonds is 4. The topological polar surface area (TPSA) is 41.1 Å². The van der Waals surface area contributed by atoms with Crippen molar-refractivity contribution in [2.75, 3.05) is 19.6 Å². The van der Waals surface area contributed by atoms with E-state index in [1.54, 1.807) is 0 Å². The van der Waals surface area contributed by atoms with Crippen LogP contribution in [0.25, 0.3) is 0 Å². The zero-order valence-corrected chi connectivity index (χ0v) is 12.7. The van der Waals surface area contributed by atoms with Crippen molar-refractivity contribution in [3.63, 3.8) is 0 Å². The highest BCUT2D eigenvalue weighted by Crippen LogP contribution is 2.32. The third kappa shape index (κ3) is 2.99. The van der Waals surface area contributed by atoms with Crippen molar-refractivity contribution in [2.24, 2.45) is 11.8 Å². The van der Waals surface area contributed by atoms with Gasteiger partial charge in [0.25, 0.3) is 0 Å². The van der Waals surface area contributed by atoms with Crippen LogP contribution in [-0.4, -0.2) is 25.5 Å². The minimum Gasteiger partial charge on any atom is -0.355 e. The molecule has 0 bridgehead atoms. The number of amides is 1. The molecular formula is C16H23ClN2O. The van der Waals surface area contributed by atoms with Crippen LogP contribution in [0.5, 0.6) is 0 Å². The predicted molar refractivity (Wildman–Crippen MR) is 83.3 cm³/mol. The molecule has 3 rings (SSSR count). The molecule has 1 heterocycles. The molecule has 1 saturated heterocycles. The number of fused-ring (bicyclic) bond motifs is 1. The summed E-state index contributed by atoms with van der Waals surface area (Å²) in [5, 5.41) is 6.37. The largest absolute Gasteiger partial charge is 0.355 e. The lowest BCUT2D eigenvalue weighted by Gasteiger charge is -2.32. The normalized spacial score (nSPS) is 22.4. The molecule has 110 valence electrons. The summed E-state index contributed by atoms with van der Waals surface area (Å²) in [4.78, 5) is 12.1. The van der Waals surface area contributed by atoms with Gasteiger partial charge >= 0.3 is 0 Å². The molecule has 1 aliphatic heterocycles. The Morgan fingerprint density at radius 2 is 2.15 bits per heavy atom. The summed E-state index contributed by atoms with van der Waals surface area (Å²) in [6.45, 7) is 4.81. The van der Waals surface area contributed by atoms with Crippen molar-refractivity contribution in [2.45, 2.75) is 25.7 Å². The molecule has 1 aromatic carbocycles. The first kappa shape index (κ1) is 15.3. The lowest BCUT2D eigenvalue weighted by Crippen LogP contribution is -2.49. The molecule has 1 aromatic rings. The Bertz CT molecular complexity index is 473. The fraction of sp³-hybridized carbons (Fsp3) is 0.562. The van der Waals surface area contributed by atoms with Crippen molar-refractivity contribution in [1.82, 2.24) is 10.6 Å². The van der Waals surface area contributed by atoms with Gasteiger partial charge in [0.1, 0.15) is 0 Å². The van der Waals surface area contributed by atoms with Gasteiger partial charge in [0, 0.05) is 18.4 Å². The van der Waals surface area contributed by atoms with Gasteiger partial charge in [-0.2, -0.15) is 0 Å². The van der Waals surface area contributed by atoms with E-state index < -0.39 is 0 Å². The molecule has 2 N–H and O–H groups in total. The zero-order chi connectivity index (χ0) is 13.2. The molecular weight excluding hydrogens is 272 g/mol. The molecule has 0 radical (unpaired) electrons. The molecule has 1 amide bonds. The lowest BCUT2D eigenvalue weighted by atomic mass is 9.88. The Hall–Kier alpha value is -1.06. The Morgan fingerprint density at radius 1 is 1.40 bits per heavy atom. The number of hydrogen-bond acceptors (Lipinski definition) is 2. The standard InChI is InChI=1S/C16H22N2O.ClH/c1-11(14-8-17-9-14)16(19)18-10-13-7-6-12-4-2-3-5-15(12)13;/h2-5,11,13-14,17H,6-10H2,1H3,(H,18,19);1H. The van der Waals surface area contributed by atoms with Crippen molar-refractivity contribution in [3.05, 3.63) is 35.4 Å². The van der Waals surface area contributed by atoms with Crippen LogP contribution in [0, 0.1) is 11.8 Å². The van der Waals surface area contributed by atoms with Gasteiger partial charge in [-0.05, 0) is 43.0 Å². The van der Waals surface area contributed by atoms with E-state index in [0.29, 0.717) is 11.8 Å². The van der Waals surface area contributed by atoms with Gasteiger partial charge in [0.05, 0.1) is 0 Å². The fourth-order valence-corrected chi connectivity index (χ4v) is 3.12. The third-order valence-corrected chi connectivity index (χ3v) is 4.71. The Balaban J connectivity index is 0.00000147. The van der Waals surface area contributed by atoms with Gasteiger partial charge in [0.15, 0.2) is 0 Å². The fourth-order valence-electron chi connectivity index (χ4n) is 3.12. The van der Waals surface area contributed by atoms with Gasteiger partial charge in [-0.25, -0.2) is 0 Å². The quantitative estimate of drug-likeness (QED) is 0.893. The second-order valence-corrected chi connectivity index (χ2v) is 5.89. The minimum absolute atomic E-state index is 0. The first-order chi connectivity index (χ1) is 9.25. The monoisotopic (exact) mass is 294 g/mol. The average Bonchev–Trinajstić information content (AvgIpc) is 2.77. The van der Waals surface area contributed by atoms with E-state index in [2.05, 4.69) is 34.9 Å². The number of hydrogen-bond donors (Lipinski definition) is 2. The third-order valence-electron chi connectivity index (χ3n) is 4.71. The highest BCUT2D eigenvalue weighted by atomic mass is 35.5. The number of aryl methyl sites for hydroxylation is 1. The van der Waals surface area contributed by atoms with Crippen LogP contribution in [0.4, 0.5) is 0 Å². The van der Waals surface area contributed by atoms with Crippen LogP contribution in [0.1, 0.15) is 30.4 Å². The van der Waals surface area contributed by atoms with Crippen LogP contribution < -0.4 is 10.6 Å². The van der Waals surface area contributed by atoms with E-state index in [1.165, 1.54) is 17.5 Å². The number of carbonyl (C=O) groups excluding carboxylic acids is 1. The SMILES string of the molecule is CC(C(=O)NCC1CCc2ccccc21)C1CNC1.Cl. The molecule has 2 atom stereocenters. The molecule has 2 unspecified atom stereocenters. The molecule has 0 aromatic heterocycles. The lowest BCUT2D eigenvalue weighted by molar-refractivity contribution is -0.126. The molecule has 0 spiro atoms. The average molecular weight is 295 g/mol. The Morgan fingerprint density at radius 3 is 2.85 bits per heavy atom. The van der Waals surface area contributed by atoms with E-state index in [-0.39, 0.29) is 24.2 Å². The number of nitrogens with one attached hydrogen (secondary N) is 2. The summed E-state index contributed by atoms with van der Waals surface area (Å²) in [5.74, 6) is 1.39. The molecule has 4 heteroatoms. The molecule has 1 fully saturated rings. The molecule has 1 aliphatic carbocycles. The Labute approximate surface area is 126 Å². The molecule has 0 saturated carbocycles. The maximum Gasteiger partial charge on any atom is 0.223 e. The summed E-state index contributed by atoms with van der Waals surface area (Å²) in [6, 6.07) is 8.62. The first-order valence-electron chi connectivity index (χ1n) is 7.32. The van der Waals surface area contributed by atoms with Crippen molar-refractivity contribution in [1.29, 1.82) is 0 Å². The van der Waals surface area contributed by atoms with Crippen LogP contribution in [0.2, 0.25) is 0 Å². The van der Waals surface area contributed by atoms with Crippen molar-refractivity contribution in [3.8, 4) is 0 Å². The Kier molecular flexibility index (Phi) is 5.06. The highest BCUT2D eigenvalue weighted by Gasteiger charge is 2.29. The van der Waals surface area contributed by atoms with E-state index in [9.17, 15) is 4.79 Å². The second kappa shape index (κ2) is 6.59.